The summed E-state index contributed by atoms with van der Waals surface area (Å²) in [6.45, 7) is 10.2. The largest absolute Gasteiger partial charge is 0.0788 e. The second-order valence-corrected chi connectivity index (χ2v) is 9.58. The van der Waals surface area contributed by atoms with Gasteiger partial charge in [-0.1, -0.05) is 38.8 Å². The number of hydrogen-bond acceptors (Lipinski definition) is 0. The summed E-state index contributed by atoms with van der Waals surface area (Å²) in [5.41, 5.74) is 3.57. The first kappa shape index (κ1) is 13.4. The summed E-state index contributed by atoms with van der Waals surface area (Å²) in [5.74, 6) is 2.91. The van der Waals surface area contributed by atoms with Crippen molar-refractivity contribution in [1.29, 1.82) is 0 Å². The predicted octanol–water partition coefficient (Wildman–Crippen LogP) is 5.98. The Morgan fingerprint density at radius 2 is 1.70 bits per heavy atom. The Morgan fingerprint density at radius 3 is 2.45 bits per heavy atom. The molecule has 5 rings (SSSR count). The Morgan fingerprint density at radius 1 is 0.950 bits per heavy atom. The van der Waals surface area contributed by atoms with Crippen molar-refractivity contribution in [1.82, 2.24) is 0 Å². The third-order valence-corrected chi connectivity index (χ3v) is 8.30. The number of fused-ring (bicyclic) bond motifs is 2. The van der Waals surface area contributed by atoms with Crippen LogP contribution in [-0.4, -0.2) is 0 Å². The van der Waals surface area contributed by atoms with Crippen molar-refractivity contribution < 1.29 is 0 Å². The number of rotatable bonds is 0. The van der Waals surface area contributed by atoms with Gasteiger partial charge in [-0.25, -0.2) is 0 Å². The maximum Gasteiger partial charge on any atom is -0.00815 e. The van der Waals surface area contributed by atoms with Crippen LogP contribution in [0.2, 0.25) is 0 Å². The highest BCUT2D eigenvalue weighted by Gasteiger charge is 2.61. The minimum absolute atomic E-state index is 0.587. The van der Waals surface area contributed by atoms with Crippen LogP contribution >= 0.6 is 0 Å². The Bertz CT molecular complexity index is 457. The predicted molar refractivity (Wildman–Crippen MR) is 85.5 cm³/mol. The van der Waals surface area contributed by atoms with E-state index in [0.29, 0.717) is 16.2 Å². The van der Waals surface area contributed by atoms with E-state index in [1.165, 1.54) is 51.4 Å². The zero-order valence-corrected chi connectivity index (χ0v) is 14.0. The fourth-order valence-electron chi connectivity index (χ4n) is 7.43. The molecule has 0 heterocycles. The Balaban J connectivity index is 1.77. The molecule has 0 radical (unpaired) electrons. The lowest BCUT2D eigenvalue weighted by Crippen LogP contribution is -2.58. The molecule has 0 heteroatoms. The summed E-state index contributed by atoms with van der Waals surface area (Å²) in [4.78, 5) is 0. The van der Waals surface area contributed by atoms with Crippen LogP contribution in [0.15, 0.2) is 11.6 Å². The fraction of sp³-hybridized carbons (Fsp3) is 0.900. The monoisotopic (exact) mass is 272 g/mol. The molecule has 5 aliphatic carbocycles. The zero-order valence-electron chi connectivity index (χ0n) is 14.0. The van der Waals surface area contributed by atoms with Crippen molar-refractivity contribution in [2.24, 2.45) is 34.0 Å². The smallest absolute Gasteiger partial charge is 0.00815 e. The first-order valence-corrected chi connectivity index (χ1v) is 9.07. The summed E-state index contributed by atoms with van der Waals surface area (Å²) < 4.78 is 0. The summed E-state index contributed by atoms with van der Waals surface area (Å²) in [6.07, 6.45) is 14.7. The van der Waals surface area contributed by atoms with E-state index in [0.717, 1.165) is 17.8 Å². The molecule has 0 aromatic rings. The molecule has 0 aromatic heterocycles. The maximum absolute atomic E-state index is 2.76. The topological polar surface area (TPSA) is 0 Å². The molecule has 0 amide bonds. The molecule has 5 aliphatic rings. The van der Waals surface area contributed by atoms with Crippen molar-refractivity contribution >= 4 is 0 Å². The van der Waals surface area contributed by atoms with Gasteiger partial charge in [0, 0.05) is 0 Å². The van der Waals surface area contributed by atoms with Crippen molar-refractivity contribution in [3.05, 3.63) is 11.6 Å². The zero-order chi connectivity index (χ0) is 14.2. The van der Waals surface area contributed by atoms with E-state index in [2.05, 4.69) is 33.8 Å². The summed E-state index contributed by atoms with van der Waals surface area (Å²) in [6, 6.07) is 0. The molecule has 1 spiro atoms. The highest BCUT2D eigenvalue weighted by molar-refractivity contribution is 5.25. The van der Waals surface area contributed by atoms with E-state index in [1.807, 2.05) is 0 Å². The molecule has 0 aromatic carbocycles. The van der Waals surface area contributed by atoms with Crippen LogP contribution in [0, 0.1) is 34.0 Å². The normalized spacial score (nSPS) is 53.0. The Labute approximate surface area is 125 Å². The van der Waals surface area contributed by atoms with Crippen LogP contribution in [0.5, 0.6) is 0 Å². The number of hydrogen-bond donors (Lipinski definition) is 0. The lowest BCUT2D eigenvalue weighted by Gasteiger charge is -2.66. The fourth-order valence-corrected chi connectivity index (χ4v) is 7.43. The molecule has 0 unspecified atom stereocenters. The molecule has 5 atom stereocenters. The van der Waals surface area contributed by atoms with E-state index in [9.17, 15) is 0 Å². The van der Waals surface area contributed by atoms with Gasteiger partial charge in [0.15, 0.2) is 0 Å². The van der Waals surface area contributed by atoms with Crippen LogP contribution < -0.4 is 0 Å². The van der Waals surface area contributed by atoms with Gasteiger partial charge in [-0.3, -0.25) is 0 Å². The van der Waals surface area contributed by atoms with E-state index >= 15 is 0 Å². The van der Waals surface area contributed by atoms with Crippen LogP contribution in [0.1, 0.15) is 79.1 Å². The van der Waals surface area contributed by atoms with Crippen LogP contribution in [0.25, 0.3) is 0 Å². The molecule has 0 nitrogen and oxygen atoms in total. The second kappa shape index (κ2) is 3.93. The Kier molecular flexibility index (Phi) is 2.63. The second-order valence-electron chi connectivity index (χ2n) is 9.58. The van der Waals surface area contributed by atoms with E-state index in [1.54, 1.807) is 5.57 Å². The van der Waals surface area contributed by atoms with Gasteiger partial charge >= 0.3 is 0 Å². The quantitative estimate of drug-likeness (QED) is 0.476. The van der Waals surface area contributed by atoms with Gasteiger partial charge in [0.1, 0.15) is 0 Å². The van der Waals surface area contributed by atoms with E-state index < -0.39 is 0 Å². The highest BCUT2D eigenvalue weighted by atomic mass is 14.7. The maximum atomic E-state index is 2.76. The lowest BCUT2D eigenvalue weighted by atomic mass is 9.38. The number of allylic oxidation sites excluding steroid dienone is 2. The van der Waals surface area contributed by atoms with Crippen molar-refractivity contribution in [3.8, 4) is 0 Å². The first-order chi connectivity index (χ1) is 9.37. The van der Waals surface area contributed by atoms with Gasteiger partial charge in [-0.15, -0.1) is 0 Å². The van der Waals surface area contributed by atoms with Gasteiger partial charge in [0.05, 0.1) is 0 Å². The first-order valence-electron chi connectivity index (χ1n) is 9.07. The van der Waals surface area contributed by atoms with E-state index in [4.69, 9.17) is 0 Å². The van der Waals surface area contributed by atoms with Crippen molar-refractivity contribution in [2.45, 2.75) is 79.1 Å². The van der Waals surface area contributed by atoms with Crippen molar-refractivity contribution in [2.75, 3.05) is 0 Å². The molecule has 0 N–H and O–H groups in total. The SMILES string of the molecule is CC1=C[C@]23CC[C@H]1C[C@@H]2[C@]1(C)CCCC(C)(C)[C@@H]1CC3. The molecule has 0 saturated heterocycles. The standard InChI is InChI=1S/C20H32/c1-14-13-20-10-6-15(14)12-17(20)19(4)9-5-8-18(2,3)16(19)7-11-20/h13,15-17H,5-12H2,1-4H3/t15-,16-,17+,19+,20+/m0/s1. The van der Waals surface area contributed by atoms with Crippen LogP contribution in [-0.2, 0) is 0 Å². The molecule has 3 fully saturated rings. The molecule has 3 saturated carbocycles. The molecular weight excluding hydrogens is 240 g/mol. The molecule has 20 heavy (non-hydrogen) atoms. The van der Waals surface area contributed by atoms with Crippen LogP contribution in [0.3, 0.4) is 0 Å². The van der Waals surface area contributed by atoms with E-state index in [-0.39, 0.29) is 0 Å². The average Bonchev–Trinajstić information content (AvgIpc) is 2.37. The highest BCUT2D eigenvalue weighted by Crippen LogP contribution is 2.70. The third kappa shape index (κ3) is 1.54. The average molecular weight is 272 g/mol. The summed E-state index contributed by atoms with van der Waals surface area (Å²) >= 11 is 0. The molecule has 0 aliphatic heterocycles. The van der Waals surface area contributed by atoms with Gasteiger partial charge in [-0.05, 0) is 85.9 Å². The van der Waals surface area contributed by atoms with Crippen LogP contribution in [0.4, 0.5) is 0 Å². The minimum atomic E-state index is 0.587. The van der Waals surface area contributed by atoms with Gasteiger partial charge in [0.25, 0.3) is 0 Å². The Hall–Kier alpha value is -0.260. The molecule has 2 bridgehead atoms. The summed E-state index contributed by atoms with van der Waals surface area (Å²) in [7, 11) is 0. The molecular formula is C20H32. The van der Waals surface area contributed by atoms with Gasteiger partial charge in [0.2, 0.25) is 0 Å². The summed E-state index contributed by atoms with van der Waals surface area (Å²) in [5, 5.41) is 0. The lowest BCUT2D eigenvalue weighted by molar-refractivity contribution is -0.144. The third-order valence-electron chi connectivity index (χ3n) is 8.30. The van der Waals surface area contributed by atoms with Gasteiger partial charge in [-0.2, -0.15) is 0 Å². The molecule has 112 valence electrons. The van der Waals surface area contributed by atoms with Crippen molar-refractivity contribution in [3.63, 3.8) is 0 Å². The van der Waals surface area contributed by atoms with Gasteiger partial charge < -0.3 is 0 Å². The minimum Gasteiger partial charge on any atom is -0.0788 e.